The fraction of sp³-hybridized carbons (Fsp3) is 0.682. The Morgan fingerprint density at radius 2 is 1.86 bits per heavy atom. The van der Waals surface area contributed by atoms with Crippen LogP contribution in [0.5, 0.6) is 0 Å². The van der Waals surface area contributed by atoms with Crippen molar-refractivity contribution < 1.29 is 14.6 Å². The molecule has 0 amide bonds. The van der Waals surface area contributed by atoms with Gasteiger partial charge in [0.1, 0.15) is 0 Å². The summed E-state index contributed by atoms with van der Waals surface area (Å²) in [4.78, 5) is 6.89. The van der Waals surface area contributed by atoms with E-state index in [0.29, 0.717) is 32.2 Å². The van der Waals surface area contributed by atoms with Crippen LogP contribution in [0, 0.1) is 0 Å². The van der Waals surface area contributed by atoms with Gasteiger partial charge >= 0.3 is 0 Å². The minimum absolute atomic E-state index is 0.230. The van der Waals surface area contributed by atoms with Crippen LogP contribution >= 0.6 is 0 Å². The molecule has 1 atom stereocenters. The molecule has 0 radical (unpaired) electrons. The van der Waals surface area contributed by atoms with Gasteiger partial charge in [-0.1, -0.05) is 24.3 Å². The molecule has 3 N–H and O–H groups in total. The van der Waals surface area contributed by atoms with Crippen molar-refractivity contribution in [2.24, 2.45) is 4.99 Å². The monoisotopic (exact) mass is 406 g/mol. The van der Waals surface area contributed by atoms with Gasteiger partial charge in [0.2, 0.25) is 0 Å². The predicted octanol–water partition coefficient (Wildman–Crippen LogP) is 1.75. The van der Waals surface area contributed by atoms with Crippen molar-refractivity contribution in [1.29, 1.82) is 0 Å². The molecule has 7 heteroatoms. The Balaban J connectivity index is 1.84. The average Bonchev–Trinajstić information content (AvgIpc) is 2.70. The van der Waals surface area contributed by atoms with Crippen molar-refractivity contribution in [2.45, 2.75) is 52.6 Å². The average molecular weight is 407 g/mol. The molecule has 1 aliphatic rings. The maximum Gasteiger partial charge on any atom is 0.191 e. The van der Waals surface area contributed by atoms with Crippen LogP contribution in [0.3, 0.4) is 0 Å². The number of nitrogens with zero attached hydrogens (tertiary/aromatic N) is 2. The molecule has 1 heterocycles. The van der Waals surface area contributed by atoms with Crippen LogP contribution in [-0.2, 0) is 22.6 Å². The molecule has 1 unspecified atom stereocenters. The van der Waals surface area contributed by atoms with E-state index in [1.54, 1.807) is 0 Å². The normalized spacial score (nSPS) is 17.9. The Bertz CT molecular complexity index is 611. The second-order valence-electron chi connectivity index (χ2n) is 8.11. The molecule has 1 fully saturated rings. The van der Waals surface area contributed by atoms with Crippen molar-refractivity contribution in [2.75, 3.05) is 45.9 Å². The van der Waals surface area contributed by atoms with Gasteiger partial charge in [-0.3, -0.25) is 4.90 Å². The first kappa shape index (κ1) is 23.6. The van der Waals surface area contributed by atoms with Crippen molar-refractivity contribution in [3.8, 4) is 0 Å². The number of hydrogen-bond donors (Lipinski definition) is 3. The Kier molecular flexibility index (Phi) is 9.87. The first-order valence-electron chi connectivity index (χ1n) is 10.6. The standard InChI is InChI=1S/C22H38N4O3/c1-5-23-21(25-16-22(4,27)17-26-10-12-28-13-11-26)24-14-19-6-8-20(9-7-19)15-29-18(2)3/h6-9,18,27H,5,10-17H2,1-4H3,(H2,23,24,25). The van der Waals surface area contributed by atoms with Crippen molar-refractivity contribution in [1.82, 2.24) is 15.5 Å². The number of nitrogens with one attached hydrogen (secondary N) is 2. The zero-order valence-electron chi connectivity index (χ0n) is 18.4. The third-order valence-electron chi connectivity index (χ3n) is 4.67. The summed E-state index contributed by atoms with van der Waals surface area (Å²) in [6, 6.07) is 8.34. The maximum atomic E-state index is 10.7. The van der Waals surface area contributed by atoms with E-state index in [1.165, 1.54) is 0 Å². The topological polar surface area (TPSA) is 78.4 Å². The van der Waals surface area contributed by atoms with E-state index in [9.17, 15) is 5.11 Å². The largest absolute Gasteiger partial charge is 0.387 e. The number of β-amino-alcohol motifs (C(OH)–C–C–N with tert-alkyl or cyclic N) is 1. The SMILES string of the molecule is CCNC(=NCc1ccc(COC(C)C)cc1)NCC(C)(O)CN1CCOCC1. The van der Waals surface area contributed by atoms with Gasteiger partial charge in [-0.25, -0.2) is 4.99 Å². The fourth-order valence-electron chi connectivity index (χ4n) is 3.09. The minimum Gasteiger partial charge on any atom is -0.387 e. The number of guanidine groups is 1. The smallest absolute Gasteiger partial charge is 0.191 e. The lowest BCUT2D eigenvalue weighted by atomic mass is 10.1. The molecule has 164 valence electrons. The maximum absolute atomic E-state index is 10.7. The van der Waals surface area contributed by atoms with E-state index in [4.69, 9.17) is 9.47 Å². The number of aliphatic imine (C=N–C) groups is 1. The second-order valence-corrected chi connectivity index (χ2v) is 8.11. The third-order valence-corrected chi connectivity index (χ3v) is 4.67. The molecular weight excluding hydrogens is 368 g/mol. The van der Waals surface area contributed by atoms with Crippen LogP contribution < -0.4 is 10.6 Å². The highest BCUT2D eigenvalue weighted by molar-refractivity contribution is 5.79. The van der Waals surface area contributed by atoms with Gasteiger partial charge in [-0.2, -0.15) is 0 Å². The first-order chi connectivity index (χ1) is 13.9. The molecule has 0 saturated carbocycles. The van der Waals surface area contributed by atoms with Gasteiger partial charge in [0.15, 0.2) is 5.96 Å². The Morgan fingerprint density at radius 3 is 2.48 bits per heavy atom. The van der Waals surface area contributed by atoms with Crippen molar-refractivity contribution >= 4 is 5.96 Å². The predicted molar refractivity (Wildman–Crippen MR) is 117 cm³/mol. The van der Waals surface area contributed by atoms with Crippen molar-refractivity contribution in [3.05, 3.63) is 35.4 Å². The van der Waals surface area contributed by atoms with Gasteiger partial charge in [-0.15, -0.1) is 0 Å². The molecule has 1 saturated heterocycles. The summed E-state index contributed by atoms with van der Waals surface area (Å²) < 4.78 is 11.0. The Morgan fingerprint density at radius 1 is 1.21 bits per heavy atom. The number of morpholine rings is 1. The molecular formula is C22H38N4O3. The summed E-state index contributed by atoms with van der Waals surface area (Å²) >= 11 is 0. The van der Waals surface area contributed by atoms with Crippen LogP contribution in [0.25, 0.3) is 0 Å². The highest BCUT2D eigenvalue weighted by atomic mass is 16.5. The van der Waals surface area contributed by atoms with Crippen LogP contribution in [0.1, 0.15) is 38.8 Å². The van der Waals surface area contributed by atoms with E-state index in [0.717, 1.165) is 44.0 Å². The van der Waals surface area contributed by atoms with Gasteiger partial charge in [0.05, 0.1) is 38.1 Å². The highest BCUT2D eigenvalue weighted by Crippen LogP contribution is 2.09. The van der Waals surface area contributed by atoms with Crippen LogP contribution in [0.4, 0.5) is 0 Å². The number of hydrogen-bond acceptors (Lipinski definition) is 5. The fourth-order valence-corrected chi connectivity index (χ4v) is 3.09. The van der Waals surface area contributed by atoms with Crippen molar-refractivity contribution in [3.63, 3.8) is 0 Å². The van der Waals surface area contributed by atoms with E-state index in [-0.39, 0.29) is 6.10 Å². The van der Waals surface area contributed by atoms with Gasteiger partial charge in [0, 0.05) is 32.7 Å². The number of rotatable bonds is 10. The highest BCUT2D eigenvalue weighted by Gasteiger charge is 2.25. The number of benzene rings is 1. The molecule has 29 heavy (non-hydrogen) atoms. The molecule has 1 aromatic carbocycles. The number of ether oxygens (including phenoxy) is 2. The lowest BCUT2D eigenvalue weighted by Gasteiger charge is -2.34. The summed E-state index contributed by atoms with van der Waals surface area (Å²) in [5.74, 6) is 0.710. The van der Waals surface area contributed by atoms with E-state index >= 15 is 0 Å². The van der Waals surface area contributed by atoms with Crippen LogP contribution in [0.15, 0.2) is 29.3 Å². The molecule has 2 rings (SSSR count). The summed E-state index contributed by atoms with van der Waals surface area (Å²) in [6.07, 6.45) is 0.230. The van der Waals surface area contributed by atoms with Gasteiger partial charge in [-0.05, 0) is 38.8 Å². The van der Waals surface area contributed by atoms with E-state index in [2.05, 4.69) is 44.8 Å². The lowest BCUT2D eigenvalue weighted by Crippen LogP contribution is -2.52. The molecule has 0 aliphatic carbocycles. The molecule has 0 bridgehead atoms. The number of aliphatic hydroxyl groups is 1. The summed E-state index contributed by atoms with van der Waals surface area (Å²) in [5, 5.41) is 17.3. The Labute approximate surface area is 175 Å². The van der Waals surface area contributed by atoms with Gasteiger partial charge in [0.25, 0.3) is 0 Å². The van der Waals surface area contributed by atoms with Crippen LogP contribution in [-0.4, -0.2) is 73.6 Å². The van der Waals surface area contributed by atoms with E-state index in [1.807, 2.05) is 27.7 Å². The molecule has 1 aromatic rings. The first-order valence-corrected chi connectivity index (χ1v) is 10.6. The summed E-state index contributed by atoms with van der Waals surface area (Å²) in [5.41, 5.74) is 1.46. The van der Waals surface area contributed by atoms with Crippen LogP contribution in [0.2, 0.25) is 0 Å². The summed E-state index contributed by atoms with van der Waals surface area (Å²) in [7, 11) is 0. The summed E-state index contributed by atoms with van der Waals surface area (Å²) in [6.45, 7) is 14.2. The Hall–Kier alpha value is -1.67. The third kappa shape index (κ3) is 9.58. The lowest BCUT2D eigenvalue weighted by molar-refractivity contribution is -0.0201. The second kappa shape index (κ2) is 12.1. The molecule has 0 spiro atoms. The van der Waals surface area contributed by atoms with Gasteiger partial charge < -0.3 is 25.2 Å². The zero-order valence-corrected chi connectivity index (χ0v) is 18.4. The molecule has 1 aliphatic heterocycles. The minimum atomic E-state index is -0.842. The zero-order chi connectivity index (χ0) is 21.1. The molecule has 0 aromatic heterocycles. The quantitative estimate of drug-likeness (QED) is 0.406. The molecule has 7 nitrogen and oxygen atoms in total. The van der Waals surface area contributed by atoms with E-state index < -0.39 is 5.60 Å².